The van der Waals surface area contributed by atoms with Gasteiger partial charge in [0.25, 0.3) is 0 Å². The van der Waals surface area contributed by atoms with Crippen LogP contribution < -0.4 is 10.1 Å². The van der Waals surface area contributed by atoms with Crippen LogP contribution in [0.2, 0.25) is 0 Å². The van der Waals surface area contributed by atoms with Crippen molar-refractivity contribution in [2.24, 2.45) is 5.92 Å². The van der Waals surface area contributed by atoms with Crippen molar-refractivity contribution >= 4 is 21.8 Å². The van der Waals surface area contributed by atoms with Crippen molar-refractivity contribution in [3.8, 4) is 5.75 Å². The smallest absolute Gasteiger partial charge is 0.227 e. The van der Waals surface area contributed by atoms with Crippen LogP contribution in [0.1, 0.15) is 37.5 Å². The zero-order chi connectivity index (χ0) is 14.1. The Labute approximate surface area is 127 Å². The lowest BCUT2D eigenvalue weighted by molar-refractivity contribution is -0.159. The summed E-state index contributed by atoms with van der Waals surface area (Å²) in [6.45, 7) is 0. The van der Waals surface area contributed by atoms with Crippen molar-refractivity contribution in [2.45, 2.75) is 38.0 Å². The highest BCUT2D eigenvalue weighted by atomic mass is 79.9. The maximum absolute atomic E-state index is 12.2. The van der Waals surface area contributed by atoms with Crippen molar-refractivity contribution < 1.29 is 14.3 Å². The van der Waals surface area contributed by atoms with E-state index in [9.17, 15) is 4.79 Å². The van der Waals surface area contributed by atoms with Gasteiger partial charge in [0.2, 0.25) is 5.91 Å². The predicted molar refractivity (Wildman–Crippen MR) is 78.4 cm³/mol. The number of methoxy groups -OCH3 is 1. The summed E-state index contributed by atoms with van der Waals surface area (Å²) >= 11 is 3.46. The second-order valence-corrected chi connectivity index (χ2v) is 6.20. The summed E-state index contributed by atoms with van der Waals surface area (Å²) in [6, 6.07) is 5.74. The lowest BCUT2D eigenvalue weighted by Crippen LogP contribution is -2.49. The Kier molecular flexibility index (Phi) is 3.98. The Bertz CT molecular complexity index is 520. The Balaban J connectivity index is 1.80. The quantitative estimate of drug-likeness (QED) is 0.900. The normalized spacial score (nSPS) is 29.5. The van der Waals surface area contributed by atoms with Crippen molar-refractivity contribution in [1.29, 1.82) is 0 Å². The Hall–Kier alpha value is -1.07. The number of amides is 1. The monoisotopic (exact) mass is 339 g/mol. The average molecular weight is 340 g/mol. The molecule has 108 valence electrons. The molecule has 0 spiro atoms. The van der Waals surface area contributed by atoms with E-state index in [0.29, 0.717) is 0 Å². The number of nitrogens with one attached hydrogen (secondary N) is 1. The van der Waals surface area contributed by atoms with E-state index in [1.54, 1.807) is 7.11 Å². The fraction of sp³-hybridized carbons (Fsp3) is 0.533. The number of halogens is 1. The highest BCUT2D eigenvalue weighted by Crippen LogP contribution is 2.36. The van der Waals surface area contributed by atoms with E-state index in [0.717, 1.165) is 41.5 Å². The summed E-state index contributed by atoms with van der Waals surface area (Å²) in [7, 11) is 1.63. The minimum absolute atomic E-state index is 0.0293. The maximum atomic E-state index is 12.2. The molecule has 1 saturated heterocycles. The standard InChI is InChI=1S/C15H18BrNO3/c1-19-13-7-6-9(8-11(13)16)15-17-14(18)10-4-2-3-5-12(10)20-15/h6-8,10,12,15H,2-5H2,1H3,(H,17,18)/t10-,12+,15-/m1/s1. The molecule has 1 amide bonds. The third-order valence-corrected chi connectivity index (χ3v) is 4.72. The number of hydrogen-bond donors (Lipinski definition) is 1. The molecule has 1 N–H and O–H groups in total. The lowest BCUT2D eigenvalue weighted by Gasteiger charge is -2.39. The first-order valence-electron chi connectivity index (χ1n) is 6.98. The summed E-state index contributed by atoms with van der Waals surface area (Å²) in [5, 5.41) is 2.97. The minimum atomic E-state index is -0.357. The van der Waals surface area contributed by atoms with Crippen LogP contribution in [-0.4, -0.2) is 19.1 Å². The molecule has 1 aromatic carbocycles. The van der Waals surface area contributed by atoms with Gasteiger partial charge in [0.15, 0.2) is 6.23 Å². The van der Waals surface area contributed by atoms with Gasteiger partial charge in [-0.3, -0.25) is 4.79 Å². The van der Waals surface area contributed by atoms with E-state index in [1.807, 2.05) is 18.2 Å². The van der Waals surface area contributed by atoms with E-state index < -0.39 is 0 Å². The second kappa shape index (κ2) is 5.74. The number of carbonyl (C=O) groups excluding carboxylic acids is 1. The van der Waals surface area contributed by atoms with Gasteiger partial charge in [0.1, 0.15) is 5.75 Å². The minimum Gasteiger partial charge on any atom is -0.496 e. The van der Waals surface area contributed by atoms with Gasteiger partial charge in [-0.05, 0) is 40.9 Å². The number of rotatable bonds is 2. The molecule has 0 radical (unpaired) electrons. The fourth-order valence-electron chi connectivity index (χ4n) is 3.01. The second-order valence-electron chi connectivity index (χ2n) is 5.35. The molecule has 2 aliphatic rings. The Morgan fingerprint density at radius 2 is 2.15 bits per heavy atom. The van der Waals surface area contributed by atoms with E-state index in [2.05, 4.69) is 21.2 Å². The van der Waals surface area contributed by atoms with Crippen LogP contribution in [0.5, 0.6) is 5.75 Å². The van der Waals surface area contributed by atoms with E-state index in [-0.39, 0.29) is 24.2 Å². The molecule has 0 unspecified atom stereocenters. The molecule has 1 aromatic rings. The van der Waals surface area contributed by atoms with Crippen molar-refractivity contribution in [2.75, 3.05) is 7.11 Å². The molecule has 3 rings (SSSR count). The lowest BCUT2D eigenvalue weighted by atomic mass is 9.84. The van der Waals surface area contributed by atoms with E-state index >= 15 is 0 Å². The SMILES string of the molecule is COc1ccc([C@@H]2NC(=O)[C@@H]3CCCC[C@@H]3O2)cc1Br. The molecule has 3 atom stereocenters. The molecule has 4 nitrogen and oxygen atoms in total. The molecule has 20 heavy (non-hydrogen) atoms. The molecule has 1 heterocycles. The molecular formula is C15H18BrNO3. The molecular weight excluding hydrogens is 322 g/mol. The number of fused-ring (bicyclic) bond motifs is 1. The molecule has 5 heteroatoms. The van der Waals surface area contributed by atoms with Crippen LogP contribution in [0, 0.1) is 5.92 Å². The van der Waals surface area contributed by atoms with Crippen LogP contribution >= 0.6 is 15.9 Å². The van der Waals surface area contributed by atoms with Crippen molar-refractivity contribution in [1.82, 2.24) is 5.32 Å². The summed E-state index contributed by atoms with van der Waals surface area (Å²) in [5.74, 6) is 0.922. The Morgan fingerprint density at radius 1 is 1.35 bits per heavy atom. The van der Waals surface area contributed by atoms with Crippen LogP contribution in [-0.2, 0) is 9.53 Å². The van der Waals surface area contributed by atoms with Crippen LogP contribution in [0.15, 0.2) is 22.7 Å². The molecule has 0 aromatic heterocycles. The number of carbonyl (C=O) groups is 1. The zero-order valence-corrected chi connectivity index (χ0v) is 13.0. The van der Waals surface area contributed by atoms with Gasteiger partial charge in [-0.25, -0.2) is 0 Å². The highest BCUT2D eigenvalue weighted by molar-refractivity contribution is 9.10. The van der Waals surface area contributed by atoms with Gasteiger partial charge < -0.3 is 14.8 Å². The molecule has 1 aliphatic heterocycles. The number of hydrogen-bond acceptors (Lipinski definition) is 3. The fourth-order valence-corrected chi connectivity index (χ4v) is 3.57. The number of ether oxygens (including phenoxy) is 2. The number of benzene rings is 1. The molecule has 1 aliphatic carbocycles. The predicted octanol–water partition coefficient (Wildman–Crippen LogP) is 3.16. The Morgan fingerprint density at radius 3 is 2.90 bits per heavy atom. The third-order valence-electron chi connectivity index (χ3n) is 4.10. The van der Waals surface area contributed by atoms with Crippen molar-refractivity contribution in [3.63, 3.8) is 0 Å². The van der Waals surface area contributed by atoms with Crippen LogP contribution in [0.4, 0.5) is 0 Å². The first-order chi connectivity index (χ1) is 9.69. The molecule has 2 fully saturated rings. The van der Waals surface area contributed by atoms with E-state index in [1.165, 1.54) is 0 Å². The van der Waals surface area contributed by atoms with Gasteiger partial charge in [-0.2, -0.15) is 0 Å². The van der Waals surface area contributed by atoms with Crippen molar-refractivity contribution in [3.05, 3.63) is 28.2 Å². The summed E-state index contributed by atoms with van der Waals surface area (Å²) in [5.41, 5.74) is 0.940. The third kappa shape index (κ3) is 2.56. The summed E-state index contributed by atoms with van der Waals surface area (Å²) in [6.07, 6.45) is 3.89. The van der Waals surface area contributed by atoms with Crippen LogP contribution in [0.3, 0.4) is 0 Å². The zero-order valence-electron chi connectivity index (χ0n) is 11.4. The van der Waals surface area contributed by atoms with Gasteiger partial charge in [-0.1, -0.05) is 18.9 Å². The summed E-state index contributed by atoms with van der Waals surface area (Å²) in [4.78, 5) is 12.2. The average Bonchev–Trinajstić information content (AvgIpc) is 2.47. The first-order valence-corrected chi connectivity index (χ1v) is 7.77. The highest BCUT2D eigenvalue weighted by Gasteiger charge is 2.39. The topological polar surface area (TPSA) is 47.6 Å². The van der Waals surface area contributed by atoms with Gasteiger partial charge in [-0.15, -0.1) is 0 Å². The largest absolute Gasteiger partial charge is 0.496 e. The van der Waals surface area contributed by atoms with Gasteiger partial charge in [0.05, 0.1) is 23.6 Å². The first kappa shape index (κ1) is 13.9. The maximum Gasteiger partial charge on any atom is 0.227 e. The van der Waals surface area contributed by atoms with Gasteiger partial charge in [0, 0.05) is 5.56 Å². The van der Waals surface area contributed by atoms with Gasteiger partial charge >= 0.3 is 0 Å². The van der Waals surface area contributed by atoms with Crippen LogP contribution in [0.25, 0.3) is 0 Å². The van der Waals surface area contributed by atoms with E-state index in [4.69, 9.17) is 9.47 Å². The summed E-state index contributed by atoms with van der Waals surface area (Å²) < 4.78 is 12.2. The molecule has 1 saturated carbocycles. The molecule has 0 bridgehead atoms.